The molecule has 41 heavy (non-hydrogen) atoms. The van der Waals surface area contributed by atoms with Crippen molar-refractivity contribution in [1.82, 2.24) is 9.72 Å². The number of hydrogen-bond acceptors (Lipinski definition) is 7. The SMILES string of the molecule is COc1cn(C(C[C@@H]2CCCCO2)C(=O)Nc2ccc(C(=O)O)cc2)c(=O)cc1-c1cc(Cl)ccc1-c1ccon1. The normalized spacial score (nSPS) is 15.7. The summed E-state index contributed by atoms with van der Waals surface area (Å²) in [4.78, 5) is 38.5. The molecule has 2 aromatic heterocycles. The molecule has 0 radical (unpaired) electrons. The second kappa shape index (κ2) is 12.4. The van der Waals surface area contributed by atoms with Gasteiger partial charge in [-0.2, -0.15) is 0 Å². The van der Waals surface area contributed by atoms with E-state index in [4.69, 9.17) is 25.6 Å². The molecular weight excluding hydrogens is 550 g/mol. The fourth-order valence-electron chi connectivity index (χ4n) is 4.97. The molecule has 2 atom stereocenters. The predicted molar refractivity (Wildman–Crippen MR) is 152 cm³/mol. The van der Waals surface area contributed by atoms with Gasteiger partial charge in [0.05, 0.1) is 25.0 Å². The molecule has 1 amide bonds. The summed E-state index contributed by atoms with van der Waals surface area (Å²) in [6, 6.07) is 13.2. The van der Waals surface area contributed by atoms with Gasteiger partial charge in [0.1, 0.15) is 23.7 Å². The van der Waals surface area contributed by atoms with Crippen molar-refractivity contribution < 1.29 is 28.7 Å². The van der Waals surface area contributed by atoms with Gasteiger partial charge in [-0.25, -0.2) is 4.79 Å². The molecule has 0 spiro atoms. The van der Waals surface area contributed by atoms with Gasteiger partial charge in [-0.3, -0.25) is 14.2 Å². The Balaban J connectivity index is 1.54. The number of carbonyl (C=O) groups excluding carboxylic acids is 1. The zero-order chi connectivity index (χ0) is 28.9. The number of nitrogens with one attached hydrogen (secondary N) is 1. The Hall–Kier alpha value is -4.41. The van der Waals surface area contributed by atoms with E-state index in [0.29, 0.717) is 45.5 Å². The number of hydrogen-bond donors (Lipinski definition) is 2. The van der Waals surface area contributed by atoms with Crippen LogP contribution < -0.4 is 15.6 Å². The summed E-state index contributed by atoms with van der Waals surface area (Å²) < 4.78 is 18.0. The van der Waals surface area contributed by atoms with Crippen molar-refractivity contribution in [3.05, 3.63) is 88.0 Å². The second-order valence-corrected chi connectivity index (χ2v) is 10.1. The van der Waals surface area contributed by atoms with Crippen LogP contribution in [0.15, 0.2) is 76.4 Å². The maximum Gasteiger partial charge on any atom is 0.335 e. The molecule has 1 aliphatic rings. The fourth-order valence-corrected chi connectivity index (χ4v) is 5.14. The van der Waals surface area contributed by atoms with E-state index in [1.165, 1.54) is 54.5 Å². The van der Waals surface area contributed by atoms with Crippen molar-refractivity contribution in [1.29, 1.82) is 0 Å². The van der Waals surface area contributed by atoms with Crippen LogP contribution in [0.1, 0.15) is 42.1 Å². The van der Waals surface area contributed by atoms with Gasteiger partial charge in [0.2, 0.25) is 5.91 Å². The molecule has 1 fully saturated rings. The number of anilines is 1. The Bertz CT molecular complexity index is 1590. The van der Waals surface area contributed by atoms with E-state index in [9.17, 15) is 19.5 Å². The lowest BCUT2D eigenvalue weighted by molar-refractivity contribution is -0.121. The highest BCUT2D eigenvalue weighted by Gasteiger charge is 2.29. The Morgan fingerprint density at radius 1 is 1.12 bits per heavy atom. The van der Waals surface area contributed by atoms with Crippen molar-refractivity contribution in [2.75, 3.05) is 19.0 Å². The number of methoxy groups -OCH3 is 1. The van der Waals surface area contributed by atoms with E-state index in [2.05, 4.69) is 10.5 Å². The molecule has 5 rings (SSSR count). The minimum Gasteiger partial charge on any atom is -0.495 e. The Labute approximate surface area is 240 Å². The smallest absolute Gasteiger partial charge is 0.335 e. The van der Waals surface area contributed by atoms with Crippen LogP contribution in [0.3, 0.4) is 0 Å². The van der Waals surface area contributed by atoms with Crippen molar-refractivity contribution in [2.45, 2.75) is 37.8 Å². The first-order chi connectivity index (χ1) is 19.8. The standard InChI is InChI=1S/C30H28ClN3O7/c1-39-27-17-34(28(35)16-24(27)23-14-19(31)7-10-22(23)25-11-13-41-33-25)26(15-21-4-2-3-12-40-21)29(36)32-20-8-5-18(6-9-20)30(37)38/h5-11,13-14,16-17,21,26H,2-4,12,15H2,1H3,(H,32,36)(H,37,38)/t21-,26?/m0/s1. The Morgan fingerprint density at radius 3 is 2.59 bits per heavy atom. The second-order valence-electron chi connectivity index (χ2n) is 9.69. The van der Waals surface area contributed by atoms with E-state index in [1.807, 2.05) is 0 Å². The number of aromatic carboxylic acids is 1. The Morgan fingerprint density at radius 2 is 1.93 bits per heavy atom. The number of halogens is 1. The first-order valence-electron chi connectivity index (χ1n) is 13.1. The van der Waals surface area contributed by atoms with E-state index >= 15 is 0 Å². The molecule has 0 bridgehead atoms. The van der Waals surface area contributed by atoms with Crippen molar-refractivity contribution in [2.24, 2.45) is 0 Å². The van der Waals surface area contributed by atoms with Crippen LogP contribution in [0, 0.1) is 0 Å². The number of carbonyl (C=O) groups is 2. The Kier molecular flexibility index (Phi) is 8.51. The van der Waals surface area contributed by atoms with Crippen LogP contribution in [-0.2, 0) is 9.53 Å². The number of carboxylic acids is 1. The maximum atomic E-state index is 13.7. The molecule has 1 saturated heterocycles. The number of pyridine rings is 1. The minimum absolute atomic E-state index is 0.0951. The van der Waals surface area contributed by atoms with Gasteiger partial charge < -0.3 is 24.4 Å². The summed E-state index contributed by atoms with van der Waals surface area (Å²) in [5.41, 5.74) is 2.41. The van der Waals surface area contributed by atoms with Gasteiger partial charge in [-0.15, -0.1) is 0 Å². The predicted octanol–water partition coefficient (Wildman–Crippen LogP) is 5.67. The highest BCUT2D eigenvalue weighted by Crippen LogP contribution is 2.38. The first kappa shape index (κ1) is 28.1. The molecule has 1 aliphatic heterocycles. The lowest BCUT2D eigenvalue weighted by Gasteiger charge is -2.28. The third kappa shape index (κ3) is 6.34. The number of rotatable bonds is 9. The van der Waals surface area contributed by atoms with Gasteiger partial charge in [0.15, 0.2) is 0 Å². The molecule has 4 aromatic rings. The summed E-state index contributed by atoms with van der Waals surface area (Å²) >= 11 is 6.33. The number of aromatic nitrogens is 2. The highest BCUT2D eigenvalue weighted by molar-refractivity contribution is 6.31. The molecule has 1 unspecified atom stereocenters. The monoisotopic (exact) mass is 577 g/mol. The zero-order valence-corrected chi connectivity index (χ0v) is 23.0. The molecule has 3 heterocycles. The third-order valence-electron chi connectivity index (χ3n) is 7.05. The van der Waals surface area contributed by atoms with E-state index < -0.39 is 23.5 Å². The van der Waals surface area contributed by atoms with Crippen LogP contribution in [0.4, 0.5) is 5.69 Å². The van der Waals surface area contributed by atoms with Crippen LogP contribution in [-0.4, -0.2) is 46.5 Å². The summed E-state index contributed by atoms with van der Waals surface area (Å²) in [6.45, 7) is 0.590. The molecule has 0 aliphatic carbocycles. The van der Waals surface area contributed by atoms with Crippen molar-refractivity contribution in [3.8, 4) is 28.1 Å². The molecule has 0 saturated carbocycles. The van der Waals surface area contributed by atoms with E-state index in [-0.39, 0.29) is 18.1 Å². The number of amides is 1. The van der Waals surface area contributed by atoms with Gasteiger partial charge in [0, 0.05) is 47.0 Å². The lowest BCUT2D eigenvalue weighted by atomic mass is 9.97. The number of carboxylic acid groups (broad SMARTS) is 1. The summed E-state index contributed by atoms with van der Waals surface area (Å²) in [7, 11) is 1.48. The zero-order valence-electron chi connectivity index (χ0n) is 22.2. The molecular formula is C30H28ClN3O7. The summed E-state index contributed by atoms with van der Waals surface area (Å²) in [6.07, 6.45) is 5.71. The number of nitrogens with zero attached hydrogens (tertiary/aromatic N) is 2. The average Bonchev–Trinajstić information content (AvgIpc) is 3.51. The quantitative estimate of drug-likeness (QED) is 0.260. The number of ether oxygens (including phenoxy) is 2. The molecule has 2 N–H and O–H groups in total. The largest absolute Gasteiger partial charge is 0.495 e. The van der Waals surface area contributed by atoms with Crippen LogP contribution >= 0.6 is 11.6 Å². The van der Waals surface area contributed by atoms with Gasteiger partial charge in [-0.1, -0.05) is 22.8 Å². The highest BCUT2D eigenvalue weighted by atomic mass is 35.5. The van der Waals surface area contributed by atoms with Crippen LogP contribution in [0.2, 0.25) is 5.02 Å². The third-order valence-corrected chi connectivity index (χ3v) is 7.28. The molecule has 11 heteroatoms. The summed E-state index contributed by atoms with van der Waals surface area (Å²) in [5, 5.41) is 16.5. The molecule has 212 valence electrons. The van der Waals surface area contributed by atoms with E-state index in [1.54, 1.807) is 24.3 Å². The topological polar surface area (TPSA) is 133 Å². The molecule has 2 aromatic carbocycles. The fraction of sp³-hybridized carbons (Fsp3) is 0.267. The minimum atomic E-state index is -1.07. The van der Waals surface area contributed by atoms with Crippen LogP contribution in [0.25, 0.3) is 22.4 Å². The number of benzene rings is 2. The maximum absolute atomic E-state index is 13.7. The van der Waals surface area contributed by atoms with E-state index in [0.717, 1.165) is 19.3 Å². The molecule has 10 nitrogen and oxygen atoms in total. The first-order valence-corrected chi connectivity index (χ1v) is 13.5. The lowest BCUT2D eigenvalue weighted by Crippen LogP contribution is -2.36. The van der Waals surface area contributed by atoms with Crippen LogP contribution in [0.5, 0.6) is 5.75 Å². The average molecular weight is 578 g/mol. The van der Waals surface area contributed by atoms with Crippen molar-refractivity contribution >= 4 is 29.2 Å². The van der Waals surface area contributed by atoms with Gasteiger partial charge >= 0.3 is 5.97 Å². The summed E-state index contributed by atoms with van der Waals surface area (Å²) in [5.74, 6) is -1.16. The van der Waals surface area contributed by atoms with Crippen molar-refractivity contribution in [3.63, 3.8) is 0 Å². The van der Waals surface area contributed by atoms with Gasteiger partial charge in [-0.05, 0) is 61.2 Å². The van der Waals surface area contributed by atoms with Gasteiger partial charge in [0.25, 0.3) is 5.56 Å².